The number of fused-ring (bicyclic) bond motifs is 3. The van der Waals surface area contributed by atoms with E-state index in [1.807, 2.05) is 0 Å². The molecule has 3 aliphatic carbocycles. The predicted molar refractivity (Wildman–Crippen MR) is 91.9 cm³/mol. The van der Waals surface area contributed by atoms with Crippen molar-refractivity contribution in [3.8, 4) is 0 Å². The molecule has 0 aromatic carbocycles. The van der Waals surface area contributed by atoms with E-state index in [0.29, 0.717) is 11.8 Å². The highest BCUT2D eigenvalue weighted by Crippen LogP contribution is 2.63. The molecule has 0 amide bonds. The smallest absolute Gasteiger partial charge is 0.0824 e. The van der Waals surface area contributed by atoms with Gasteiger partial charge in [-0.1, -0.05) is 38.8 Å². The first-order valence-electron chi connectivity index (χ1n) is 9.39. The fourth-order valence-electron chi connectivity index (χ4n) is 5.92. The Morgan fingerprint density at radius 2 is 1.91 bits per heavy atom. The van der Waals surface area contributed by atoms with Gasteiger partial charge in [-0.2, -0.15) is 0 Å². The molecule has 3 heteroatoms. The summed E-state index contributed by atoms with van der Waals surface area (Å²) in [5.41, 5.74) is 1.62. The second-order valence-electron chi connectivity index (χ2n) is 9.32. The van der Waals surface area contributed by atoms with Gasteiger partial charge in [0.05, 0.1) is 19.3 Å². The molecule has 2 fully saturated rings. The minimum Gasteiger partial charge on any atom is -0.395 e. The average molecular weight is 322 g/mol. The van der Waals surface area contributed by atoms with Crippen LogP contribution in [-0.4, -0.2) is 34.6 Å². The maximum Gasteiger partial charge on any atom is 0.0824 e. The molecule has 3 N–H and O–H groups in total. The maximum absolute atomic E-state index is 10.3. The zero-order valence-corrected chi connectivity index (χ0v) is 15.0. The molecule has 3 aliphatic rings. The standard InChI is InChI=1S/C20H34O3/c1-18(17(23)12-21)9-10-20(3)14(11-18)6-7-15-16(20)5-4-8-19(15,2)13-22/h7,14,16-17,21-23H,4-6,8-13H2,1-3H3. The van der Waals surface area contributed by atoms with Crippen LogP contribution in [0.25, 0.3) is 0 Å². The molecule has 0 aliphatic heterocycles. The lowest BCUT2D eigenvalue weighted by Crippen LogP contribution is -2.52. The zero-order valence-electron chi connectivity index (χ0n) is 15.0. The minimum atomic E-state index is -0.605. The molecule has 0 spiro atoms. The van der Waals surface area contributed by atoms with Crippen LogP contribution in [0.2, 0.25) is 0 Å². The molecule has 3 nitrogen and oxygen atoms in total. The van der Waals surface area contributed by atoms with Crippen molar-refractivity contribution in [3.63, 3.8) is 0 Å². The van der Waals surface area contributed by atoms with Crippen LogP contribution < -0.4 is 0 Å². The lowest BCUT2D eigenvalue weighted by atomic mass is 9.46. The van der Waals surface area contributed by atoms with Crippen molar-refractivity contribution in [3.05, 3.63) is 11.6 Å². The van der Waals surface area contributed by atoms with Crippen LogP contribution in [0.5, 0.6) is 0 Å². The Hall–Kier alpha value is -0.380. The summed E-state index contributed by atoms with van der Waals surface area (Å²) in [5, 5.41) is 29.6. The van der Waals surface area contributed by atoms with Gasteiger partial charge in [-0.05, 0) is 61.2 Å². The Morgan fingerprint density at radius 3 is 2.57 bits per heavy atom. The predicted octanol–water partition coefficient (Wildman–Crippen LogP) is 3.28. The molecule has 0 aromatic rings. The van der Waals surface area contributed by atoms with Crippen LogP contribution in [0.1, 0.15) is 65.7 Å². The van der Waals surface area contributed by atoms with Gasteiger partial charge in [0.1, 0.15) is 0 Å². The normalized spacial score (nSPS) is 48.2. The van der Waals surface area contributed by atoms with Gasteiger partial charge in [-0.25, -0.2) is 0 Å². The van der Waals surface area contributed by atoms with Crippen LogP contribution in [0, 0.1) is 28.1 Å². The molecule has 0 heterocycles. The fraction of sp³-hybridized carbons (Fsp3) is 0.900. The molecular weight excluding hydrogens is 288 g/mol. The Kier molecular flexibility index (Phi) is 4.44. The topological polar surface area (TPSA) is 60.7 Å². The summed E-state index contributed by atoms with van der Waals surface area (Å²) >= 11 is 0. The van der Waals surface area contributed by atoms with E-state index in [1.54, 1.807) is 0 Å². The van der Waals surface area contributed by atoms with Crippen LogP contribution in [0.4, 0.5) is 0 Å². The first kappa shape index (κ1) is 17.4. The van der Waals surface area contributed by atoms with Gasteiger partial charge >= 0.3 is 0 Å². The van der Waals surface area contributed by atoms with Gasteiger partial charge in [-0.3, -0.25) is 0 Å². The van der Waals surface area contributed by atoms with Crippen molar-refractivity contribution in [2.24, 2.45) is 28.1 Å². The molecular formula is C20H34O3. The molecule has 0 saturated heterocycles. The van der Waals surface area contributed by atoms with Crippen molar-refractivity contribution >= 4 is 0 Å². The summed E-state index contributed by atoms with van der Waals surface area (Å²) in [6.45, 7) is 6.95. The van der Waals surface area contributed by atoms with Crippen molar-refractivity contribution < 1.29 is 15.3 Å². The summed E-state index contributed by atoms with van der Waals surface area (Å²) in [7, 11) is 0. The number of aliphatic hydroxyl groups is 3. The highest BCUT2D eigenvalue weighted by atomic mass is 16.3. The van der Waals surface area contributed by atoms with E-state index in [9.17, 15) is 15.3 Å². The highest BCUT2D eigenvalue weighted by molar-refractivity contribution is 5.27. The first-order chi connectivity index (χ1) is 10.8. The summed E-state index contributed by atoms with van der Waals surface area (Å²) in [4.78, 5) is 0. The summed E-state index contributed by atoms with van der Waals surface area (Å²) in [6.07, 6.45) is 9.54. The highest BCUT2D eigenvalue weighted by Gasteiger charge is 2.55. The molecule has 6 unspecified atom stereocenters. The summed E-state index contributed by atoms with van der Waals surface area (Å²) < 4.78 is 0. The third-order valence-corrected chi connectivity index (χ3v) is 7.92. The third kappa shape index (κ3) is 2.60. The van der Waals surface area contributed by atoms with Crippen LogP contribution in [0.15, 0.2) is 11.6 Å². The van der Waals surface area contributed by atoms with Gasteiger partial charge in [-0.15, -0.1) is 0 Å². The monoisotopic (exact) mass is 322 g/mol. The third-order valence-electron chi connectivity index (χ3n) is 7.92. The number of allylic oxidation sites excluding steroid dienone is 1. The fourth-order valence-corrected chi connectivity index (χ4v) is 5.92. The van der Waals surface area contributed by atoms with E-state index in [0.717, 1.165) is 32.1 Å². The van der Waals surface area contributed by atoms with Crippen molar-refractivity contribution in [2.75, 3.05) is 13.2 Å². The van der Waals surface area contributed by atoms with Crippen molar-refractivity contribution in [1.82, 2.24) is 0 Å². The number of hydrogen-bond donors (Lipinski definition) is 3. The van der Waals surface area contributed by atoms with Gasteiger partial charge in [0.25, 0.3) is 0 Å². The van der Waals surface area contributed by atoms with Crippen LogP contribution >= 0.6 is 0 Å². The van der Waals surface area contributed by atoms with E-state index < -0.39 is 6.10 Å². The molecule has 0 bridgehead atoms. The van der Waals surface area contributed by atoms with Crippen LogP contribution in [-0.2, 0) is 0 Å². The van der Waals surface area contributed by atoms with Crippen molar-refractivity contribution in [1.29, 1.82) is 0 Å². The van der Waals surface area contributed by atoms with Gasteiger partial charge in [0, 0.05) is 5.41 Å². The Balaban J connectivity index is 1.90. The van der Waals surface area contributed by atoms with E-state index in [-0.39, 0.29) is 29.5 Å². The number of rotatable bonds is 3. The summed E-state index contributed by atoms with van der Waals surface area (Å²) in [6, 6.07) is 0. The second kappa shape index (κ2) is 5.86. The van der Waals surface area contributed by atoms with Gasteiger partial charge in [0.15, 0.2) is 0 Å². The molecule has 6 atom stereocenters. The molecule has 23 heavy (non-hydrogen) atoms. The lowest BCUT2D eigenvalue weighted by Gasteiger charge is -2.59. The van der Waals surface area contributed by atoms with E-state index in [2.05, 4.69) is 26.8 Å². The molecule has 3 rings (SSSR count). The number of hydrogen-bond acceptors (Lipinski definition) is 3. The van der Waals surface area contributed by atoms with E-state index in [4.69, 9.17) is 0 Å². The lowest BCUT2D eigenvalue weighted by molar-refractivity contribution is -0.0927. The first-order valence-corrected chi connectivity index (χ1v) is 9.39. The largest absolute Gasteiger partial charge is 0.395 e. The van der Waals surface area contributed by atoms with Gasteiger partial charge < -0.3 is 15.3 Å². The molecule has 0 radical (unpaired) electrons. The molecule has 0 aromatic heterocycles. The zero-order chi connectivity index (χ0) is 16.9. The quantitative estimate of drug-likeness (QED) is 0.699. The Labute approximate surface area is 140 Å². The average Bonchev–Trinajstić information content (AvgIpc) is 2.55. The maximum atomic E-state index is 10.3. The summed E-state index contributed by atoms with van der Waals surface area (Å²) in [5.74, 6) is 1.17. The Bertz CT molecular complexity index is 487. The van der Waals surface area contributed by atoms with Crippen LogP contribution in [0.3, 0.4) is 0 Å². The second-order valence-corrected chi connectivity index (χ2v) is 9.32. The number of aliphatic hydroxyl groups excluding tert-OH is 3. The van der Waals surface area contributed by atoms with E-state index >= 15 is 0 Å². The minimum absolute atomic E-state index is 0.0255. The Morgan fingerprint density at radius 1 is 1.17 bits per heavy atom. The van der Waals surface area contributed by atoms with Gasteiger partial charge in [0.2, 0.25) is 0 Å². The SMILES string of the molecule is CC1(CO)CCCC2C1=CCC1CC(C)(C(O)CO)CCC12C. The van der Waals surface area contributed by atoms with Crippen molar-refractivity contribution in [2.45, 2.75) is 71.8 Å². The van der Waals surface area contributed by atoms with E-state index in [1.165, 1.54) is 18.4 Å². The molecule has 132 valence electrons. The molecule has 2 saturated carbocycles.